The van der Waals surface area contributed by atoms with Crippen LogP contribution in [0.3, 0.4) is 0 Å². The van der Waals surface area contributed by atoms with Crippen LogP contribution in [0.5, 0.6) is 0 Å². The molecule has 0 radical (unpaired) electrons. The Kier molecular flexibility index (Phi) is 4.30. The Morgan fingerprint density at radius 3 is 2.40 bits per heavy atom. The lowest BCUT2D eigenvalue weighted by Gasteiger charge is -2.33. The summed E-state index contributed by atoms with van der Waals surface area (Å²) < 4.78 is 0. The molecule has 0 bridgehead atoms. The third-order valence-corrected chi connectivity index (χ3v) is 2.49. The van der Waals surface area contributed by atoms with Gasteiger partial charge in [0.25, 0.3) is 0 Å². The largest absolute Gasteiger partial charge is 0.312 e. The second-order valence-corrected chi connectivity index (χ2v) is 3.30. The molecule has 62 valence electrons. The fourth-order valence-corrected chi connectivity index (χ4v) is 1.42. The van der Waals surface area contributed by atoms with Gasteiger partial charge in [0.2, 0.25) is 0 Å². The summed E-state index contributed by atoms with van der Waals surface area (Å²) in [5.74, 6) is 0. The van der Waals surface area contributed by atoms with Crippen LogP contribution in [-0.2, 0) is 0 Å². The van der Waals surface area contributed by atoms with E-state index in [2.05, 4.69) is 19.2 Å². The van der Waals surface area contributed by atoms with Crippen molar-refractivity contribution in [2.24, 2.45) is 0 Å². The maximum Gasteiger partial charge on any atom is 0.0150 e. The van der Waals surface area contributed by atoms with E-state index in [9.17, 15) is 0 Å². The summed E-state index contributed by atoms with van der Waals surface area (Å²) in [6.07, 6.45) is 5.42. The third kappa shape index (κ3) is 2.47. The predicted octanol–water partition coefficient (Wildman–Crippen LogP) is 2.35. The van der Waals surface area contributed by atoms with Crippen molar-refractivity contribution in [2.75, 3.05) is 6.54 Å². The maximum absolute atomic E-state index is 3.55. The Bertz CT molecular complexity index is 87.3. The Morgan fingerprint density at radius 1 is 1.40 bits per heavy atom. The van der Waals surface area contributed by atoms with E-state index in [1.165, 1.54) is 32.2 Å². The van der Waals surface area contributed by atoms with Crippen LogP contribution < -0.4 is 5.32 Å². The second-order valence-electron chi connectivity index (χ2n) is 3.30. The molecule has 1 unspecified atom stereocenters. The monoisotopic (exact) mass is 163 g/mol. The van der Waals surface area contributed by atoms with Crippen molar-refractivity contribution >= 4 is 12.4 Å². The molecule has 0 aliphatic carbocycles. The molecule has 0 spiro atoms. The summed E-state index contributed by atoms with van der Waals surface area (Å²) in [5, 5.41) is 3.55. The van der Waals surface area contributed by atoms with Crippen molar-refractivity contribution in [3.05, 3.63) is 0 Å². The molecule has 0 aromatic carbocycles. The highest BCUT2D eigenvalue weighted by atomic mass is 35.5. The first kappa shape index (κ1) is 10.2. The van der Waals surface area contributed by atoms with Crippen LogP contribution in [0, 0.1) is 0 Å². The summed E-state index contributed by atoms with van der Waals surface area (Å²) in [7, 11) is 0. The van der Waals surface area contributed by atoms with E-state index in [1.807, 2.05) is 0 Å². The normalized spacial score (nSPS) is 33.0. The highest BCUT2D eigenvalue weighted by Gasteiger charge is 2.22. The van der Waals surface area contributed by atoms with E-state index < -0.39 is 0 Å². The maximum atomic E-state index is 3.55. The SMILES string of the molecule is CCC1(C)CCCCN1.Cl. The van der Waals surface area contributed by atoms with Crippen molar-refractivity contribution in [1.82, 2.24) is 5.32 Å². The third-order valence-electron chi connectivity index (χ3n) is 2.49. The van der Waals surface area contributed by atoms with Gasteiger partial charge in [-0.3, -0.25) is 0 Å². The molecule has 1 aliphatic heterocycles. The van der Waals surface area contributed by atoms with Gasteiger partial charge in [-0.05, 0) is 32.7 Å². The first-order chi connectivity index (χ1) is 4.27. The zero-order valence-electron chi connectivity index (χ0n) is 6.94. The standard InChI is InChI=1S/C8H17N.ClH/c1-3-8(2)6-4-5-7-9-8;/h9H,3-7H2,1-2H3;1H. The van der Waals surface area contributed by atoms with E-state index in [-0.39, 0.29) is 12.4 Å². The van der Waals surface area contributed by atoms with Gasteiger partial charge in [0, 0.05) is 5.54 Å². The van der Waals surface area contributed by atoms with Crippen molar-refractivity contribution in [2.45, 2.75) is 45.1 Å². The number of hydrogen-bond donors (Lipinski definition) is 1. The number of piperidine rings is 1. The van der Waals surface area contributed by atoms with E-state index in [4.69, 9.17) is 0 Å². The van der Waals surface area contributed by atoms with Gasteiger partial charge in [0.05, 0.1) is 0 Å². The molecule has 1 nitrogen and oxygen atoms in total. The van der Waals surface area contributed by atoms with E-state index >= 15 is 0 Å². The highest BCUT2D eigenvalue weighted by Crippen LogP contribution is 2.20. The first-order valence-electron chi connectivity index (χ1n) is 4.02. The molecule has 0 aromatic heterocycles. The molecule has 1 aliphatic rings. The number of hydrogen-bond acceptors (Lipinski definition) is 1. The lowest BCUT2D eigenvalue weighted by atomic mass is 9.89. The lowest BCUT2D eigenvalue weighted by Crippen LogP contribution is -2.45. The van der Waals surface area contributed by atoms with Gasteiger partial charge in [0.1, 0.15) is 0 Å². The first-order valence-corrected chi connectivity index (χ1v) is 4.02. The van der Waals surface area contributed by atoms with Crippen LogP contribution in [0.15, 0.2) is 0 Å². The van der Waals surface area contributed by atoms with Crippen LogP contribution >= 0.6 is 12.4 Å². The van der Waals surface area contributed by atoms with Crippen molar-refractivity contribution in [3.63, 3.8) is 0 Å². The van der Waals surface area contributed by atoms with Crippen molar-refractivity contribution in [1.29, 1.82) is 0 Å². The number of rotatable bonds is 1. The van der Waals surface area contributed by atoms with Gasteiger partial charge in [-0.15, -0.1) is 12.4 Å². The molecule has 10 heavy (non-hydrogen) atoms. The van der Waals surface area contributed by atoms with Gasteiger partial charge < -0.3 is 5.32 Å². The molecule has 0 aromatic rings. The molecule has 0 saturated carbocycles. The van der Waals surface area contributed by atoms with Gasteiger partial charge >= 0.3 is 0 Å². The lowest BCUT2D eigenvalue weighted by molar-refractivity contribution is 0.270. The Hall–Kier alpha value is 0.250. The molecule has 1 atom stereocenters. The number of nitrogens with one attached hydrogen (secondary N) is 1. The van der Waals surface area contributed by atoms with E-state index in [0.717, 1.165) is 0 Å². The summed E-state index contributed by atoms with van der Waals surface area (Å²) in [6.45, 7) is 5.81. The molecular weight excluding hydrogens is 146 g/mol. The van der Waals surface area contributed by atoms with Gasteiger partial charge in [-0.2, -0.15) is 0 Å². The second kappa shape index (κ2) is 4.20. The number of halogens is 1. The molecule has 1 saturated heterocycles. The van der Waals surface area contributed by atoms with Crippen LogP contribution in [0.1, 0.15) is 39.5 Å². The minimum absolute atomic E-state index is 0. The minimum Gasteiger partial charge on any atom is -0.312 e. The van der Waals surface area contributed by atoms with Crippen LogP contribution in [0.4, 0.5) is 0 Å². The van der Waals surface area contributed by atoms with Crippen molar-refractivity contribution in [3.8, 4) is 0 Å². The minimum atomic E-state index is 0. The summed E-state index contributed by atoms with van der Waals surface area (Å²) >= 11 is 0. The fourth-order valence-electron chi connectivity index (χ4n) is 1.42. The molecule has 2 heteroatoms. The topological polar surface area (TPSA) is 12.0 Å². The quantitative estimate of drug-likeness (QED) is 0.626. The Morgan fingerprint density at radius 2 is 2.10 bits per heavy atom. The zero-order valence-corrected chi connectivity index (χ0v) is 7.76. The fraction of sp³-hybridized carbons (Fsp3) is 1.00. The smallest absolute Gasteiger partial charge is 0.0150 e. The van der Waals surface area contributed by atoms with Crippen LogP contribution in [0.2, 0.25) is 0 Å². The average molecular weight is 164 g/mol. The summed E-state index contributed by atoms with van der Waals surface area (Å²) in [4.78, 5) is 0. The molecule has 1 rings (SSSR count). The molecule has 1 heterocycles. The van der Waals surface area contributed by atoms with Crippen molar-refractivity contribution < 1.29 is 0 Å². The highest BCUT2D eigenvalue weighted by molar-refractivity contribution is 5.85. The van der Waals surface area contributed by atoms with E-state index in [0.29, 0.717) is 5.54 Å². The van der Waals surface area contributed by atoms with Crippen LogP contribution in [0.25, 0.3) is 0 Å². The Balaban J connectivity index is 0.000000810. The Labute approximate surface area is 70.0 Å². The van der Waals surface area contributed by atoms with E-state index in [1.54, 1.807) is 0 Å². The summed E-state index contributed by atoms with van der Waals surface area (Å²) in [5.41, 5.74) is 0.470. The summed E-state index contributed by atoms with van der Waals surface area (Å²) in [6, 6.07) is 0. The van der Waals surface area contributed by atoms with Gasteiger partial charge in [0.15, 0.2) is 0 Å². The van der Waals surface area contributed by atoms with Gasteiger partial charge in [-0.25, -0.2) is 0 Å². The predicted molar refractivity (Wildman–Crippen MR) is 47.8 cm³/mol. The molecule has 1 N–H and O–H groups in total. The van der Waals surface area contributed by atoms with Gasteiger partial charge in [-0.1, -0.05) is 13.3 Å². The molecule has 0 amide bonds. The molecule has 1 fully saturated rings. The van der Waals surface area contributed by atoms with Crippen LogP contribution in [-0.4, -0.2) is 12.1 Å². The average Bonchev–Trinajstić information content (AvgIpc) is 1.90. The molecular formula is C8H18ClN. The zero-order chi connectivity index (χ0) is 6.74.